The van der Waals surface area contributed by atoms with E-state index in [0.29, 0.717) is 18.5 Å². The Balaban J connectivity index is 2.01. The highest BCUT2D eigenvalue weighted by Gasteiger charge is 2.22. The summed E-state index contributed by atoms with van der Waals surface area (Å²) in [5.41, 5.74) is 1.56. The fourth-order valence-corrected chi connectivity index (χ4v) is 2.05. The Morgan fingerprint density at radius 1 is 1.53 bits per heavy atom. The Morgan fingerprint density at radius 2 is 2.29 bits per heavy atom. The van der Waals surface area contributed by atoms with E-state index in [1.54, 1.807) is 19.1 Å². The van der Waals surface area contributed by atoms with Gasteiger partial charge in [-0.2, -0.15) is 0 Å². The third kappa shape index (κ3) is 2.82. The molecule has 1 fully saturated rings. The topological polar surface area (TPSA) is 41.1 Å². The molecule has 2 atom stereocenters. The van der Waals surface area contributed by atoms with Crippen LogP contribution in [-0.4, -0.2) is 18.5 Å². The highest BCUT2D eigenvalue weighted by atomic mass is 19.1. The number of carbonyl (C=O) groups is 1. The Morgan fingerprint density at radius 3 is 2.88 bits per heavy atom. The van der Waals surface area contributed by atoms with E-state index in [2.05, 4.69) is 10.6 Å². The standard InChI is InChI=1S/C13H17FN2O/c1-8-3-4-10(5-12(8)14)9(2)16-11-6-13(17)15-7-11/h3-5,9,11,16H,6-7H2,1-2H3,(H,15,17). The van der Waals surface area contributed by atoms with E-state index in [1.807, 2.05) is 13.0 Å². The molecule has 0 radical (unpaired) electrons. The summed E-state index contributed by atoms with van der Waals surface area (Å²) in [6, 6.07) is 5.43. The first-order valence-electron chi connectivity index (χ1n) is 5.85. The SMILES string of the molecule is Cc1ccc(C(C)NC2CNC(=O)C2)cc1F. The summed E-state index contributed by atoms with van der Waals surface area (Å²) in [5, 5.41) is 6.09. The van der Waals surface area contributed by atoms with E-state index in [-0.39, 0.29) is 23.8 Å². The molecule has 1 heterocycles. The van der Waals surface area contributed by atoms with Gasteiger partial charge in [0.2, 0.25) is 5.91 Å². The Labute approximate surface area is 100 Å². The van der Waals surface area contributed by atoms with Gasteiger partial charge in [0.1, 0.15) is 5.82 Å². The molecule has 2 unspecified atom stereocenters. The molecule has 1 aliphatic heterocycles. The molecule has 1 saturated heterocycles. The molecule has 0 aromatic heterocycles. The van der Waals surface area contributed by atoms with Crippen molar-refractivity contribution in [2.24, 2.45) is 0 Å². The normalized spacial score (nSPS) is 21.4. The zero-order valence-corrected chi connectivity index (χ0v) is 10.1. The first-order valence-corrected chi connectivity index (χ1v) is 5.85. The minimum Gasteiger partial charge on any atom is -0.354 e. The molecule has 1 aromatic carbocycles. The van der Waals surface area contributed by atoms with Crippen LogP contribution in [0.15, 0.2) is 18.2 Å². The molecule has 4 heteroatoms. The van der Waals surface area contributed by atoms with Crippen LogP contribution in [0.5, 0.6) is 0 Å². The first-order chi connectivity index (χ1) is 8.06. The van der Waals surface area contributed by atoms with Crippen molar-refractivity contribution in [2.75, 3.05) is 6.54 Å². The summed E-state index contributed by atoms with van der Waals surface area (Å²) in [6.07, 6.45) is 0.499. The number of hydrogen-bond acceptors (Lipinski definition) is 2. The van der Waals surface area contributed by atoms with Gasteiger partial charge in [0.05, 0.1) is 0 Å². The second-order valence-electron chi connectivity index (χ2n) is 4.60. The maximum absolute atomic E-state index is 13.4. The molecule has 2 rings (SSSR count). The summed E-state index contributed by atoms with van der Waals surface area (Å²) >= 11 is 0. The highest BCUT2D eigenvalue weighted by molar-refractivity contribution is 5.78. The first kappa shape index (κ1) is 12.0. The van der Waals surface area contributed by atoms with Crippen molar-refractivity contribution in [3.8, 4) is 0 Å². The van der Waals surface area contributed by atoms with Crippen LogP contribution >= 0.6 is 0 Å². The summed E-state index contributed by atoms with van der Waals surface area (Å²) in [5.74, 6) is -0.110. The minimum atomic E-state index is -0.184. The molecule has 0 spiro atoms. The lowest BCUT2D eigenvalue weighted by molar-refractivity contribution is -0.119. The maximum atomic E-state index is 13.4. The molecule has 3 nitrogen and oxygen atoms in total. The van der Waals surface area contributed by atoms with Gasteiger partial charge in [0, 0.05) is 25.0 Å². The van der Waals surface area contributed by atoms with Crippen molar-refractivity contribution in [3.63, 3.8) is 0 Å². The number of halogens is 1. The molecule has 0 bridgehead atoms. The van der Waals surface area contributed by atoms with Gasteiger partial charge in [-0.3, -0.25) is 4.79 Å². The monoisotopic (exact) mass is 236 g/mol. The zero-order chi connectivity index (χ0) is 12.4. The van der Waals surface area contributed by atoms with Gasteiger partial charge in [-0.15, -0.1) is 0 Å². The van der Waals surface area contributed by atoms with Gasteiger partial charge < -0.3 is 10.6 Å². The van der Waals surface area contributed by atoms with E-state index in [0.717, 1.165) is 5.56 Å². The van der Waals surface area contributed by atoms with E-state index in [9.17, 15) is 9.18 Å². The van der Waals surface area contributed by atoms with Gasteiger partial charge in [-0.25, -0.2) is 4.39 Å². The molecule has 0 saturated carbocycles. The van der Waals surface area contributed by atoms with Crippen molar-refractivity contribution in [3.05, 3.63) is 35.1 Å². The lowest BCUT2D eigenvalue weighted by Crippen LogP contribution is -2.33. The molecule has 1 aromatic rings. The van der Waals surface area contributed by atoms with Crippen LogP contribution in [0.1, 0.15) is 30.5 Å². The van der Waals surface area contributed by atoms with Crippen molar-refractivity contribution >= 4 is 5.91 Å². The second-order valence-corrected chi connectivity index (χ2v) is 4.60. The van der Waals surface area contributed by atoms with Crippen LogP contribution in [0, 0.1) is 12.7 Å². The second kappa shape index (κ2) is 4.84. The van der Waals surface area contributed by atoms with E-state index < -0.39 is 0 Å². The van der Waals surface area contributed by atoms with Crippen LogP contribution < -0.4 is 10.6 Å². The molecule has 92 valence electrons. The number of hydrogen-bond donors (Lipinski definition) is 2. The van der Waals surface area contributed by atoms with Crippen molar-refractivity contribution < 1.29 is 9.18 Å². The number of carbonyl (C=O) groups excluding carboxylic acids is 1. The van der Waals surface area contributed by atoms with Gasteiger partial charge in [-0.1, -0.05) is 12.1 Å². The number of aryl methyl sites for hydroxylation is 1. The smallest absolute Gasteiger partial charge is 0.221 e. The van der Waals surface area contributed by atoms with Crippen molar-refractivity contribution in [1.82, 2.24) is 10.6 Å². The zero-order valence-electron chi connectivity index (χ0n) is 10.1. The Kier molecular flexibility index (Phi) is 3.43. The number of benzene rings is 1. The molecule has 17 heavy (non-hydrogen) atoms. The molecule has 0 aliphatic carbocycles. The Bertz CT molecular complexity index is 433. The summed E-state index contributed by atoms with van der Waals surface area (Å²) in [6.45, 7) is 4.38. The molecule has 1 aliphatic rings. The van der Waals surface area contributed by atoms with Gasteiger partial charge in [0.25, 0.3) is 0 Å². The van der Waals surface area contributed by atoms with E-state index in [1.165, 1.54) is 0 Å². The predicted octanol–water partition coefficient (Wildman–Crippen LogP) is 1.67. The number of rotatable bonds is 3. The van der Waals surface area contributed by atoms with Crippen LogP contribution in [0.25, 0.3) is 0 Å². The third-order valence-electron chi connectivity index (χ3n) is 3.16. The van der Waals surface area contributed by atoms with Crippen LogP contribution in [0.4, 0.5) is 4.39 Å². The summed E-state index contributed by atoms with van der Waals surface area (Å²) in [4.78, 5) is 11.1. The summed E-state index contributed by atoms with van der Waals surface area (Å²) < 4.78 is 13.4. The average molecular weight is 236 g/mol. The fraction of sp³-hybridized carbons (Fsp3) is 0.462. The van der Waals surface area contributed by atoms with E-state index in [4.69, 9.17) is 0 Å². The van der Waals surface area contributed by atoms with Crippen LogP contribution in [-0.2, 0) is 4.79 Å². The fourth-order valence-electron chi connectivity index (χ4n) is 2.05. The van der Waals surface area contributed by atoms with Crippen LogP contribution in [0.2, 0.25) is 0 Å². The summed E-state index contributed by atoms with van der Waals surface area (Å²) in [7, 11) is 0. The lowest BCUT2D eigenvalue weighted by Gasteiger charge is -2.18. The molecular weight excluding hydrogens is 219 g/mol. The lowest BCUT2D eigenvalue weighted by atomic mass is 10.0. The quantitative estimate of drug-likeness (QED) is 0.838. The highest BCUT2D eigenvalue weighted by Crippen LogP contribution is 2.17. The Hall–Kier alpha value is -1.42. The van der Waals surface area contributed by atoms with Gasteiger partial charge >= 0.3 is 0 Å². The maximum Gasteiger partial charge on any atom is 0.221 e. The van der Waals surface area contributed by atoms with Crippen LogP contribution in [0.3, 0.4) is 0 Å². The van der Waals surface area contributed by atoms with Crippen molar-refractivity contribution in [1.29, 1.82) is 0 Å². The predicted molar refractivity (Wildman–Crippen MR) is 64.1 cm³/mol. The van der Waals surface area contributed by atoms with Gasteiger partial charge in [-0.05, 0) is 31.0 Å². The molecule has 1 amide bonds. The average Bonchev–Trinajstić information content (AvgIpc) is 2.68. The molecular formula is C13H17FN2O. The van der Waals surface area contributed by atoms with Crippen molar-refractivity contribution in [2.45, 2.75) is 32.4 Å². The third-order valence-corrected chi connectivity index (χ3v) is 3.16. The number of nitrogens with one attached hydrogen (secondary N) is 2. The van der Waals surface area contributed by atoms with E-state index >= 15 is 0 Å². The van der Waals surface area contributed by atoms with Gasteiger partial charge in [0.15, 0.2) is 0 Å². The number of amides is 1. The largest absolute Gasteiger partial charge is 0.354 e. The molecule has 2 N–H and O–H groups in total. The minimum absolute atomic E-state index is 0.0443.